The summed E-state index contributed by atoms with van der Waals surface area (Å²) >= 11 is 0. The minimum Gasteiger partial charge on any atom is -0.425 e. The molecule has 1 N–H and O–H groups in total. The standard InChI is InChI=1S/C17H12FN3O2/c18-12-3-1-11(2-4-12)10-20-7-5-13-14-6-8-21(23)17(22)16(14)19-9-15(13)20/h1-9,23H,10H2. The molecule has 23 heavy (non-hydrogen) atoms. The van der Waals surface area contributed by atoms with Crippen molar-refractivity contribution in [2.45, 2.75) is 6.54 Å². The van der Waals surface area contributed by atoms with Crippen molar-refractivity contribution in [1.82, 2.24) is 14.3 Å². The molecule has 0 spiro atoms. The van der Waals surface area contributed by atoms with Gasteiger partial charge in [-0.05, 0) is 29.8 Å². The molecule has 114 valence electrons. The average Bonchev–Trinajstić information content (AvgIpc) is 2.96. The molecule has 0 saturated heterocycles. The van der Waals surface area contributed by atoms with Gasteiger partial charge in [-0.15, -0.1) is 0 Å². The number of nitrogens with zero attached hydrogens (tertiary/aromatic N) is 3. The van der Waals surface area contributed by atoms with Crippen LogP contribution in [-0.2, 0) is 6.54 Å². The van der Waals surface area contributed by atoms with Gasteiger partial charge in [0.25, 0.3) is 0 Å². The van der Waals surface area contributed by atoms with Gasteiger partial charge in [-0.3, -0.25) is 4.79 Å². The highest BCUT2D eigenvalue weighted by Gasteiger charge is 2.10. The molecular formula is C17H12FN3O2. The van der Waals surface area contributed by atoms with E-state index in [-0.39, 0.29) is 11.3 Å². The van der Waals surface area contributed by atoms with Crippen molar-refractivity contribution in [1.29, 1.82) is 0 Å². The van der Waals surface area contributed by atoms with Crippen LogP contribution in [0.25, 0.3) is 21.8 Å². The molecule has 0 radical (unpaired) electrons. The van der Waals surface area contributed by atoms with E-state index in [1.807, 2.05) is 16.8 Å². The van der Waals surface area contributed by atoms with E-state index in [4.69, 9.17) is 0 Å². The van der Waals surface area contributed by atoms with Crippen molar-refractivity contribution < 1.29 is 9.60 Å². The fourth-order valence-electron chi connectivity index (χ4n) is 2.76. The molecule has 0 aliphatic carbocycles. The Labute approximate surface area is 129 Å². The fourth-order valence-corrected chi connectivity index (χ4v) is 2.76. The van der Waals surface area contributed by atoms with Crippen LogP contribution in [0.3, 0.4) is 0 Å². The van der Waals surface area contributed by atoms with Crippen LogP contribution >= 0.6 is 0 Å². The van der Waals surface area contributed by atoms with Crippen molar-refractivity contribution >= 4 is 21.8 Å². The second-order valence-corrected chi connectivity index (χ2v) is 5.35. The Hall–Kier alpha value is -3.15. The SMILES string of the molecule is O=c1c2ncc3c(ccn3Cc3ccc(F)cc3)c2ccn1O. The summed E-state index contributed by atoms with van der Waals surface area (Å²) in [5.41, 5.74) is 1.52. The van der Waals surface area contributed by atoms with E-state index in [9.17, 15) is 14.4 Å². The predicted molar refractivity (Wildman–Crippen MR) is 84.2 cm³/mol. The Kier molecular flexibility index (Phi) is 2.90. The van der Waals surface area contributed by atoms with E-state index in [1.54, 1.807) is 24.4 Å². The molecule has 0 fully saturated rings. The minimum absolute atomic E-state index is 0.224. The maximum atomic E-state index is 13.0. The lowest BCUT2D eigenvalue weighted by atomic mass is 10.2. The van der Waals surface area contributed by atoms with E-state index in [2.05, 4.69) is 4.98 Å². The number of hydrogen-bond acceptors (Lipinski definition) is 3. The van der Waals surface area contributed by atoms with Gasteiger partial charge in [0.1, 0.15) is 11.3 Å². The maximum Gasteiger partial charge on any atom is 0.309 e. The molecule has 1 aromatic carbocycles. The largest absolute Gasteiger partial charge is 0.425 e. The van der Waals surface area contributed by atoms with Crippen molar-refractivity contribution in [2.24, 2.45) is 0 Å². The van der Waals surface area contributed by atoms with Crippen LogP contribution in [0.1, 0.15) is 5.56 Å². The van der Waals surface area contributed by atoms with E-state index >= 15 is 0 Å². The normalized spacial score (nSPS) is 11.3. The zero-order chi connectivity index (χ0) is 16.0. The van der Waals surface area contributed by atoms with Gasteiger partial charge in [0.15, 0.2) is 0 Å². The quantitative estimate of drug-likeness (QED) is 0.579. The summed E-state index contributed by atoms with van der Waals surface area (Å²) in [5, 5.41) is 11.0. The topological polar surface area (TPSA) is 60.0 Å². The number of halogens is 1. The first-order chi connectivity index (χ1) is 11.1. The second kappa shape index (κ2) is 4.95. The van der Waals surface area contributed by atoms with Gasteiger partial charge >= 0.3 is 5.56 Å². The van der Waals surface area contributed by atoms with Crippen molar-refractivity contribution in [3.8, 4) is 0 Å². The van der Waals surface area contributed by atoms with E-state index < -0.39 is 5.56 Å². The highest BCUT2D eigenvalue weighted by atomic mass is 19.1. The van der Waals surface area contributed by atoms with Gasteiger partial charge < -0.3 is 9.77 Å². The van der Waals surface area contributed by atoms with Crippen LogP contribution in [-0.4, -0.2) is 19.5 Å². The van der Waals surface area contributed by atoms with Crippen LogP contribution < -0.4 is 5.56 Å². The maximum absolute atomic E-state index is 13.0. The summed E-state index contributed by atoms with van der Waals surface area (Å²) in [6, 6.07) is 9.90. The molecule has 4 rings (SSSR count). The molecule has 0 bridgehead atoms. The Morgan fingerprint density at radius 3 is 2.57 bits per heavy atom. The van der Waals surface area contributed by atoms with Crippen LogP contribution in [0.4, 0.5) is 4.39 Å². The lowest BCUT2D eigenvalue weighted by Crippen LogP contribution is -2.17. The first kappa shape index (κ1) is 13.5. The molecule has 4 aromatic rings. The van der Waals surface area contributed by atoms with Gasteiger partial charge in [-0.2, -0.15) is 4.73 Å². The zero-order valence-electron chi connectivity index (χ0n) is 12.0. The summed E-state index contributed by atoms with van der Waals surface area (Å²) in [7, 11) is 0. The molecular weight excluding hydrogens is 297 g/mol. The Morgan fingerprint density at radius 2 is 1.78 bits per heavy atom. The molecule has 6 heteroatoms. The Morgan fingerprint density at radius 1 is 1.04 bits per heavy atom. The Bertz CT molecular complexity index is 1080. The Balaban J connectivity index is 1.87. The predicted octanol–water partition coefficient (Wildman–Crippen LogP) is 2.78. The van der Waals surface area contributed by atoms with Crippen LogP contribution in [0.5, 0.6) is 0 Å². The summed E-state index contributed by atoms with van der Waals surface area (Å²) in [6.45, 7) is 0.577. The summed E-state index contributed by atoms with van der Waals surface area (Å²) < 4.78 is 15.5. The van der Waals surface area contributed by atoms with Crippen molar-refractivity contribution in [2.75, 3.05) is 0 Å². The molecule has 0 aliphatic rings. The average molecular weight is 309 g/mol. The molecule has 0 amide bonds. The van der Waals surface area contributed by atoms with Gasteiger partial charge in [0, 0.05) is 29.7 Å². The van der Waals surface area contributed by atoms with E-state index in [0.717, 1.165) is 16.5 Å². The first-order valence-electron chi connectivity index (χ1n) is 7.06. The molecule has 3 aromatic heterocycles. The number of fused-ring (bicyclic) bond motifs is 3. The van der Waals surface area contributed by atoms with Crippen LogP contribution in [0.15, 0.2) is 59.8 Å². The van der Waals surface area contributed by atoms with Gasteiger partial charge in [-0.1, -0.05) is 12.1 Å². The number of hydrogen-bond donors (Lipinski definition) is 1. The summed E-state index contributed by atoms with van der Waals surface area (Å²) in [4.78, 5) is 16.1. The molecule has 0 aliphatic heterocycles. The number of aromatic nitrogens is 3. The van der Waals surface area contributed by atoms with Crippen LogP contribution in [0, 0.1) is 5.82 Å². The molecule has 0 saturated carbocycles. The minimum atomic E-state index is -0.546. The van der Waals surface area contributed by atoms with Crippen LogP contribution in [0.2, 0.25) is 0 Å². The second-order valence-electron chi connectivity index (χ2n) is 5.35. The smallest absolute Gasteiger partial charge is 0.309 e. The number of benzene rings is 1. The van der Waals surface area contributed by atoms with Crippen molar-refractivity contribution in [3.63, 3.8) is 0 Å². The zero-order valence-corrected chi connectivity index (χ0v) is 12.0. The molecule has 5 nitrogen and oxygen atoms in total. The lowest BCUT2D eigenvalue weighted by molar-refractivity contribution is 0.176. The molecule has 3 heterocycles. The summed E-state index contributed by atoms with van der Waals surface area (Å²) in [6.07, 6.45) is 4.82. The third-order valence-electron chi connectivity index (χ3n) is 3.93. The van der Waals surface area contributed by atoms with Gasteiger partial charge in [0.05, 0.1) is 11.7 Å². The van der Waals surface area contributed by atoms with E-state index in [0.29, 0.717) is 16.7 Å². The fraction of sp³-hybridized carbons (Fsp3) is 0.0588. The lowest BCUT2D eigenvalue weighted by Gasteiger charge is -2.06. The van der Waals surface area contributed by atoms with Gasteiger partial charge in [-0.25, -0.2) is 9.37 Å². The third-order valence-corrected chi connectivity index (χ3v) is 3.93. The first-order valence-corrected chi connectivity index (χ1v) is 7.06. The monoisotopic (exact) mass is 309 g/mol. The van der Waals surface area contributed by atoms with Gasteiger partial charge in [0.2, 0.25) is 0 Å². The number of pyridine rings is 2. The summed E-state index contributed by atoms with van der Waals surface area (Å²) in [5.74, 6) is -0.265. The highest BCUT2D eigenvalue weighted by molar-refractivity contribution is 6.04. The van der Waals surface area contributed by atoms with Crippen molar-refractivity contribution in [3.05, 3.63) is 76.7 Å². The van der Waals surface area contributed by atoms with E-state index in [1.165, 1.54) is 18.3 Å². The number of rotatable bonds is 2. The molecule has 0 unspecified atom stereocenters. The highest BCUT2D eigenvalue weighted by Crippen LogP contribution is 2.23. The molecule has 0 atom stereocenters. The third kappa shape index (κ3) is 2.15.